The Hall–Kier alpha value is -2.15. The molecule has 4 fully saturated rings. The van der Waals surface area contributed by atoms with E-state index in [9.17, 15) is 4.79 Å². The van der Waals surface area contributed by atoms with Gasteiger partial charge in [0, 0.05) is 49.4 Å². The number of amides is 1. The third kappa shape index (κ3) is 4.00. The summed E-state index contributed by atoms with van der Waals surface area (Å²) >= 11 is 0. The molecule has 2 saturated heterocycles. The highest BCUT2D eigenvalue weighted by atomic mass is 16.2. The second-order valence-electron chi connectivity index (χ2n) is 11.4. The molecule has 0 radical (unpaired) electrons. The second-order valence-corrected chi connectivity index (χ2v) is 11.4. The maximum absolute atomic E-state index is 14.0. The number of fused-ring (bicyclic) bond motifs is 2. The van der Waals surface area contributed by atoms with Gasteiger partial charge in [0.15, 0.2) is 5.65 Å². The molecule has 2 aromatic rings. The first-order valence-corrected chi connectivity index (χ1v) is 13.8. The van der Waals surface area contributed by atoms with Gasteiger partial charge in [0.2, 0.25) is 5.91 Å². The number of aryl methyl sites for hydroxylation is 1. The summed E-state index contributed by atoms with van der Waals surface area (Å²) in [5.41, 5.74) is 9.15. The summed E-state index contributed by atoms with van der Waals surface area (Å²) in [6.07, 6.45) is 15.2. The van der Waals surface area contributed by atoms with E-state index in [0.29, 0.717) is 11.8 Å². The zero-order valence-electron chi connectivity index (χ0n) is 20.7. The molecule has 2 aromatic heterocycles. The molecule has 2 N–H and O–H groups in total. The van der Waals surface area contributed by atoms with E-state index in [1.54, 1.807) is 0 Å². The van der Waals surface area contributed by atoms with Gasteiger partial charge in [-0.05, 0) is 57.3 Å². The molecule has 4 heterocycles. The highest BCUT2D eigenvalue weighted by Gasteiger charge is 2.42. The van der Waals surface area contributed by atoms with Gasteiger partial charge in [-0.3, -0.25) is 4.79 Å². The summed E-state index contributed by atoms with van der Waals surface area (Å²) in [4.78, 5) is 23.5. The molecule has 7 heteroatoms. The summed E-state index contributed by atoms with van der Waals surface area (Å²) < 4.78 is 1.92. The molecule has 0 aromatic carbocycles. The van der Waals surface area contributed by atoms with Crippen molar-refractivity contribution < 1.29 is 4.79 Å². The summed E-state index contributed by atoms with van der Waals surface area (Å²) in [5.74, 6) is 3.04. The SMILES string of the molecule is Cc1cn2nc([C@@H]3CCCCN3C(=O)C3CCCC4CCCCC43)cc2nc1N1CC[C@H](N)C1. The summed E-state index contributed by atoms with van der Waals surface area (Å²) in [6, 6.07) is 2.43. The van der Waals surface area contributed by atoms with Gasteiger partial charge in [0.05, 0.1) is 11.7 Å². The number of piperidine rings is 1. The molecule has 2 saturated carbocycles. The molecule has 5 atom stereocenters. The molecular weight excluding hydrogens is 424 g/mol. The van der Waals surface area contributed by atoms with Crippen molar-refractivity contribution in [1.82, 2.24) is 19.5 Å². The number of likely N-dealkylation sites (tertiary alicyclic amines) is 1. The Bertz CT molecular complexity index is 1050. The van der Waals surface area contributed by atoms with Crippen LogP contribution in [0.2, 0.25) is 0 Å². The summed E-state index contributed by atoms with van der Waals surface area (Å²) in [6.45, 7) is 4.79. The quantitative estimate of drug-likeness (QED) is 0.735. The maximum Gasteiger partial charge on any atom is 0.226 e. The third-order valence-corrected chi connectivity index (χ3v) is 9.17. The summed E-state index contributed by atoms with van der Waals surface area (Å²) in [5, 5.41) is 4.96. The van der Waals surface area contributed by atoms with Gasteiger partial charge in [-0.15, -0.1) is 0 Å². The van der Waals surface area contributed by atoms with E-state index in [-0.39, 0.29) is 18.0 Å². The van der Waals surface area contributed by atoms with Crippen molar-refractivity contribution in [2.75, 3.05) is 24.5 Å². The maximum atomic E-state index is 14.0. The standard InChI is InChI=1S/C27H40N6O/c1-18-16-33-25(29-26(18)31-14-12-20(28)17-31)15-23(30-33)24-11-4-5-13-32(24)27(34)22-10-6-8-19-7-2-3-9-21(19)22/h15-16,19-22,24H,2-14,17,28H2,1H3/t19?,20-,21?,22?,24-/m0/s1. The van der Waals surface area contributed by atoms with Crippen LogP contribution in [0.15, 0.2) is 12.3 Å². The van der Waals surface area contributed by atoms with Crippen molar-refractivity contribution >= 4 is 17.4 Å². The number of nitrogens with zero attached hydrogens (tertiary/aromatic N) is 5. The van der Waals surface area contributed by atoms with Crippen LogP contribution in [0.4, 0.5) is 5.82 Å². The molecule has 34 heavy (non-hydrogen) atoms. The molecule has 2 aliphatic heterocycles. The Morgan fingerprint density at radius 2 is 1.82 bits per heavy atom. The van der Waals surface area contributed by atoms with Crippen LogP contribution in [0, 0.1) is 24.7 Å². The number of hydrogen-bond acceptors (Lipinski definition) is 5. The Labute approximate surface area is 203 Å². The van der Waals surface area contributed by atoms with E-state index in [0.717, 1.165) is 80.4 Å². The second kappa shape index (κ2) is 9.14. The number of nitrogens with two attached hydrogens (primary N) is 1. The van der Waals surface area contributed by atoms with Crippen LogP contribution in [0.5, 0.6) is 0 Å². The first-order chi connectivity index (χ1) is 16.6. The molecule has 2 aliphatic carbocycles. The predicted octanol–water partition coefficient (Wildman–Crippen LogP) is 4.24. The number of rotatable bonds is 3. The Morgan fingerprint density at radius 1 is 1.00 bits per heavy atom. The van der Waals surface area contributed by atoms with Gasteiger partial charge in [0.1, 0.15) is 5.82 Å². The van der Waals surface area contributed by atoms with Gasteiger partial charge < -0.3 is 15.5 Å². The van der Waals surface area contributed by atoms with E-state index in [4.69, 9.17) is 15.8 Å². The molecule has 184 valence electrons. The van der Waals surface area contributed by atoms with E-state index in [2.05, 4.69) is 29.0 Å². The summed E-state index contributed by atoms with van der Waals surface area (Å²) in [7, 11) is 0. The average Bonchev–Trinajstić information content (AvgIpc) is 3.48. The molecular formula is C27H40N6O. The minimum absolute atomic E-state index is 0.0795. The minimum atomic E-state index is 0.0795. The van der Waals surface area contributed by atoms with Crippen LogP contribution in [-0.2, 0) is 4.79 Å². The third-order valence-electron chi connectivity index (χ3n) is 9.17. The van der Waals surface area contributed by atoms with Gasteiger partial charge >= 0.3 is 0 Å². The number of anilines is 1. The van der Waals surface area contributed by atoms with Gasteiger partial charge in [-0.2, -0.15) is 5.10 Å². The van der Waals surface area contributed by atoms with Crippen molar-refractivity contribution in [1.29, 1.82) is 0 Å². The van der Waals surface area contributed by atoms with Crippen LogP contribution in [0.1, 0.15) is 87.9 Å². The molecule has 0 bridgehead atoms. The van der Waals surface area contributed by atoms with Crippen molar-refractivity contribution in [3.63, 3.8) is 0 Å². The van der Waals surface area contributed by atoms with Gasteiger partial charge in [-0.1, -0.05) is 32.1 Å². The number of carbonyl (C=O) groups excluding carboxylic acids is 1. The predicted molar refractivity (Wildman–Crippen MR) is 134 cm³/mol. The van der Waals surface area contributed by atoms with E-state index >= 15 is 0 Å². The fourth-order valence-corrected chi connectivity index (χ4v) is 7.44. The molecule has 3 unspecified atom stereocenters. The number of aromatic nitrogens is 3. The highest BCUT2D eigenvalue weighted by Crippen LogP contribution is 2.45. The van der Waals surface area contributed by atoms with Crippen LogP contribution in [0.3, 0.4) is 0 Å². The number of hydrogen-bond donors (Lipinski definition) is 1. The van der Waals surface area contributed by atoms with Crippen LogP contribution >= 0.6 is 0 Å². The van der Waals surface area contributed by atoms with E-state index < -0.39 is 0 Å². The van der Waals surface area contributed by atoms with Crippen LogP contribution in [-0.4, -0.2) is 51.1 Å². The Balaban J connectivity index is 1.27. The fourth-order valence-electron chi connectivity index (χ4n) is 7.44. The average molecular weight is 465 g/mol. The highest BCUT2D eigenvalue weighted by molar-refractivity contribution is 5.80. The van der Waals surface area contributed by atoms with Crippen molar-refractivity contribution in [3.8, 4) is 0 Å². The Morgan fingerprint density at radius 3 is 2.68 bits per heavy atom. The minimum Gasteiger partial charge on any atom is -0.355 e. The lowest BCUT2D eigenvalue weighted by Gasteiger charge is -2.44. The van der Waals surface area contributed by atoms with Gasteiger partial charge in [0.25, 0.3) is 0 Å². The topological polar surface area (TPSA) is 79.8 Å². The monoisotopic (exact) mass is 464 g/mol. The molecule has 6 rings (SSSR count). The lowest BCUT2D eigenvalue weighted by Crippen LogP contribution is -2.46. The number of carbonyl (C=O) groups is 1. The first-order valence-electron chi connectivity index (χ1n) is 13.8. The normalized spacial score (nSPS) is 32.2. The Kier molecular flexibility index (Phi) is 6.00. The smallest absolute Gasteiger partial charge is 0.226 e. The van der Waals surface area contributed by atoms with Crippen LogP contribution in [0.25, 0.3) is 5.65 Å². The van der Waals surface area contributed by atoms with Crippen molar-refractivity contribution in [2.24, 2.45) is 23.5 Å². The van der Waals surface area contributed by atoms with E-state index in [1.807, 2.05) is 4.52 Å². The van der Waals surface area contributed by atoms with Crippen LogP contribution < -0.4 is 10.6 Å². The van der Waals surface area contributed by atoms with E-state index in [1.165, 1.54) is 38.5 Å². The lowest BCUT2D eigenvalue weighted by atomic mass is 9.65. The zero-order chi connectivity index (χ0) is 23.2. The largest absolute Gasteiger partial charge is 0.355 e. The van der Waals surface area contributed by atoms with Crippen molar-refractivity contribution in [3.05, 3.63) is 23.5 Å². The van der Waals surface area contributed by atoms with Gasteiger partial charge in [-0.25, -0.2) is 9.50 Å². The first kappa shape index (κ1) is 22.3. The molecule has 0 spiro atoms. The zero-order valence-corrected chi connectivity index (χ0v) is 20.7. The molecule has 7 nitrogen and oxygen atoms in total. The molecule has 4 aliphatic rings. The molecule has 1 amide bonds. The lowest BCUT2D eigenvalue weighted by molar-refractivity contribution is -0.144. The fraction of sp³-hybridized carbons (Fsp3) is 0.741. The van der Waals surface area contributed by atoms with Crippen molar-refractivity contribution in [2.45, 2.75) is 89.6 Å².